The van der Waals surface area contributed by atoms with Gasteiger partial charge in [-0.25, -0.2) is 18.2 Å². The van der Waals surface area contributed by atoms with Crippen molar-refractivity contribution < 1.29 is 17.9 Å². The number of nitrogens with one attached hydrogen (secondary N) is 1. The Morgan fingerprint density at radius 3 is 2.58 bits per heavy atom. The van der Waals surface area contributed by atoms with Gasteiger partial charge in [0.2, 0.25) is 0 Å². The summed E-state index contributed by atoms with van der Waals surface area (Å²) in [7, 11) is 0.176. The van der Waals surface area contributed by atoms with Crippen LogP contribution in [0.2, 0.25) is 0 Å². The lowest BCUT2D eigenvalue weighted by Crippen LogP contribution is -2.38. The minimum atomic E-state index is -3.32. The maximum Gasteiger partial charge on any atom is 0.319 e. The van der Waals surface area contributed by atoms with Gasteiger partial charge in [0.15, 0.2) is 15.7 Å². The molecule has 0 aliphatic carbocycles. The van der Waals surface area contributed by atoms with E-state index < -0.39 is 9.84 Å². The van der Waals surface area contributed by atoms with Crippen LogP contribution in [-0.2, 0) is 9.84 Å². The third-order valence-corrected chi connectivity index (χ3v) is 7.37. The zero-order chi connectivity index (χ0) is 25.4. The van der Waals surface area contributed by atoms with Gasteiger partial charge in [0, 0.05) is 44.7 Å². The van der Waals surface area contributed by atoms with E-state index in [0.29, 0.717) is 29.4 Å². The Morgan fingerprint density at radius 1 is 1.14 bits per heavy atom. The lowest BCUT2D eigenvalue weighted by atomic mass is 10.0. The molecule has 1 atom stereocenters. The van der Waals surface area contributed by atoms with E-state index in [1.54, 1.807) is 37.3 Å². The van der Waals surface area contributed by atoms with E-state index in [4.69, 9.17) is 9.72 Å². The fraction of sp³-hybridized carbons (Fsp3) is 0.269. The molecule has 4 aromatic rings. The number of benzene rings is 2. The molecular formula is C26H27N5O4S. The Hall–Kier alpha value is -3.92. The first-order chi connectivity index (χ1) is 17.2. The molecule has 3 heterocycles. The number of pyridine rings is 1. The second kappa shape index (κ2) is 9.27. The third-order valence-electron chi connectivity index (χ3n) is 6.24. The molecule has 2 amide bonds. The Balaban J connectivity index is 1.59. The summed E-state index contributed by atoms with van der Waals surface area (Å²) in [4.78, 5) is 29.0. The first-order valence-corrected chi connectivity index (χ1v) is 13.5. The van der Waals surface area contributed by atoms with Crippen molar-refractivity contribution in [1.82, 2.24) is 24.8 Å². The van der Waals surface area contributed by atoms with Crippen LogP contribution in [0.3, 0.4) is 0 Å². The monoisotopic (exact) mass is 505 g/mol. The number of hydrogen-bond acceptors (Lipinski definition) is 6. The summed E-state index contributed by atoms with van der Waals surface area (Å²) in [6, 6.07) is 15.6. The van der Waals surface area contributed by atoms with Gasteiger partial charge >= 0.3 is 6.03 Å². The molecule has 9 nitrogen and oxygen atoms in total. The molecule has 1 aliphatic heterocycles. The van der Waals surface area contributed by atoms with Crippen LogP contribution in [0.1, 0.15) is 24.4 Å². The average molecular weight is 506 g/mol. The standard InChI is InChI=1S/C26H27N5O4S/c1-30(2)26(32)31-14-6-8-23(31)19-15-21-22(29-25(28-21)20-7-4-5-13-27-20)16-24(19)35-17-9-11-18(12-10-17)36(3,33)34/h4-5,7,9-13,15-16,23H,6,8,14H2,1-3H3,(H,28,29). The van der Waals surface area contributed by atoms with Crippen molar-refractivity contribution in [1.29, 1.82) is 0 Å². The largest absolute Gasteiger partial charge is 0.457 e. The van der Waals surface area contributed by atoms with Crippen molar-refractivity contribution in [2.45, 2.75) is 23.8 Å². The minimum absolute atomic E-state index is 0.0557. The van der Waals surface area contributed by atoms with Gasteiger partial charge in [0.05, 0.1) is 22.0 Å². The number of hydrogen-bond donors (Lipinski definition) is 1. The van der Waals surface area contributed by atoms with E-state index in [0.717, 1.165) is 29.6 Å². The van der Waals surface area contributed by atoms with Gasteiger partial charge in [0.1, 0.15) is 17.2 Å². The molecule has 36 heavy (non-hydrogen) atoms. The predicted molar refractivity (Wildman–Crippen MR) is 137 cm³/mol. The van der Waals surface area contributed by atoms with Gasteiger partial charge in [0.25, 0.3) is 0 Å². The summed E-state index contributed by atoms with van der Waals surface area (Å²) in [5.41, 5.74) is 3.10. The molecular weight excluding hydrogens is 478 g/mol. The van der Waals surface area contributed by atoms with Gasteiger partial charge in [-0.15, -0.1) is 0 Å². The summed E-state index contributed by atoms with van der Waals surface area (Å²) in [6.07, 6.45) is 4.57. The number of rotatable bonds is 5. The van der Waals surface area contributed by atoms with Gasteiger partial charge in [-0.2, -0.15) is 0 Å². The van der Waals surface area contributed by atoms with E-state index in [9.17, 15) is 13.2 Å². The highest BCUT2D eigenvalue weighted by molar-refractivity contribution is 7.90. The SMILES string of the molecule is CN(C)C(=O)N1CCCC1c1cc2[nH]c(-c3ccccn3)nc2cc1Oc1ccc(S(C)(=O)=O)cc1. The normalized spacial score (nSPS) is 15.9. The maximum absolute atomic E-state index is 12.9. The smallest absolute Gasteiger partial charge is 0.319 e. The second-order valence-corrected chi connectivity index (χ2v) is 11.1. The van der Waals surface area contributed by atoms with Crippen LogP contribution in [0.15, 0.2) is 65.7 Å². The quantitative estimate of drug-likeness (QED) is 0.423. The molecule has 1 saturated heterocycles. The molecule has 1 N–H and O–H groups in total. The van der Waals surface area contributed by atoms with Crippen LogP contribution in [0.4, 0.5) is 4.79 Å². The van der Waals surface area contributed by atoms with Crippen LogP contribution in [0.25, 0.3) is 22.6 Å². The van der Waals surface area contributed by atoms with E-state index in [1.165, 1.54) is 18.4 Å². The van der Waals surface area contributed by atoms with Gasteiger partial charge in [-0.1, -0.05) is 6.07 Å². The van der Waals surface area contributed by atoms with Gasteiger partial charge < -0.3 is 19.5 Å². The van der Waals surface area contributed by atoms with Crippen molar-refractivity contribution in [3.05, 3.63) is 66.4 Å². The number of sulfone groups is 1. The van der Waals surface area contributed by atoms with Crippen molar-refractivity contribution >= 4 is 26.9 Å². The lowest BCUT2D eigenvalue weighted by molar-refractivity contribution is 0.165. The third kappa shape index (κ3) is 4.64. The number of carbonyl (C=O) groups excluding carboxylic acids is 1. The number of aromatic nitrogens is 3. The average Bonchev–Trinajstić information content (AvgIpc) is 3.50. The summed E-state index contributed by atoms with van der Waals surface area (Å²) in [5.74, 6) is 1.70. The number of likely N-dealkylation sites (tertiary alicyclic amines) is 1. The number of H-pyrrole nitrogens is 1. The zero-order valence-electron chi connectivity index (χ0n) is 20.3. The maximum atomic E-state index is 12.9. The molecule has 1 unspecified atom stereocenters. The van der Waals surface area contributed by atoms with Gasteiger partial charge in [-0.05, 0) is 55.3 Å². The van der Waals surface area contributed by atoms with E-state index in [1.807, 2.05) is 35.2 Å². The lowest BCUT2D eigenvalue weighted by Gasteiger charge is -2.29. The molecule has 1 aliphatic rings. The molecule has 2 aromatic carbocycles. The topological polar surface area (TPSA) is 108 Å². The Morgan fingerprint density at radius 2 is 1.92 bits per heavy atom. The summed E-state index contributed by atoms with van der Waals surface area (Å²) >= 11 is 0. The van der Waals surface area contributed by atoms with Crippen molar-refractivity contribution in [3.63, 3.8) is 0 Å². The predicted octanol–water partition coefficient (Wildman–Crippen LogP) is 4.64. The molecule has 0 bridgehead atoms. The summed E-state index contributed by atoms with van der Waals surface area (Å²) in [6.45, 7) is 0.657. The summed E-state index contributed by atoms with van der Waals surface area (Å²) in [5, 5.41) is 0. The fourth-order valence-corrected chi connectivity index (χ4v) is 5.12. The molecule has 2 aromatic heterocycles. The number of nitrogens with zero attached hydrogens (tertiary/aromatic N) is 4. The highest BCUT2D eigenvalue weighted by Crippen LogP contribution is 2.41. The van der Waals surface area contributed by atoms with Crippen LogP contribution >= 0.6 is 0 Å². The van der Waals surface area contributed by atoms with Gasteiger partial charge in [-0.3, -0.25) is 4.98 Å². The molecule has 0 saturated carbocycles. The van der Waals surface area contributed by atoms with E-state index in [-0.39, 0.29) is 17.0 Å². The number of urea groups is 1. The van der Waals surface area contributed by atoms with Crippen LogP contribution in [0, 0.1) is 0 Å². The molecule has 1 fully saturated rings. The highest BCUT2D eigenvalue weighted by atomic mass is 32.2. The highest BCUT2D eigenvalue weighted by Gasteiger charge is 2.33. The van der Waals surface area contributed by atoms with Crippen LogP contribution < -0.4 is 4.74 Å². The number of fused-ring (bicyclic) bond motifs is 1. The van der Waals surface area contributed by atoms with E-state index in [2.05, 4.69) is 9.97 Å². The van der Waals surface area contributed by atoms with E-state index >= 15 is 0 Å². The first-order valence-electron chi connectivity index (χ1n) is 11.6. The van der Waals surface area contributed by atoms with Crippen LogP contribution in [0.5, 0.6) is 11.5 Å². The second-order valence-electron chi connectivity index (χ2n) is 9.08. The molecule has 5 rings (SSSR count). The Labute approximate surface area is 209 Å². The van der Waals surface area contributed by atoms with Crippen LogP contribution in [-0.4, -0.2) is 66.1 Å². The molecule has 10 heteroatoms. The molecule has 186 valence electrons. The fourth-order valence-electron chi connectivity index (χ4n) is 4.49. The summed E-state index contributed by atoms with van der Waals surface area (Å²) < 4.78 is 30.0. The first kappa shape index (κ1) is 23.8. The number of aromatic amines is 1. The number of imidazole rings is 1. The molecule has 0 radical (unpaired) electrons. The number of amides is 2. The zero-order valence-corrected chi connectivity index (χ0v) is 21.1. The number of ether oxygens (including phenoxy) is 1. The van der Waals surface area contributed by atoms with Crippen molar-refractivity contribution in [2.24, 2.45) is 0 Å². The molecule has 0 spiro atoms. The Bertz CT molecular complexity index is 1520. The van der Waals surface area contributed by atoms with Crippen molar-refractivity contribution in [2.75, 3.05) is 26.9 Å². The van der Waals surface area contributed by atoms with Crippen molar-refractivity contribution in [3.8, 4) is 23.0 Å². The number of carbonyl (C=O) groups is 1. The Kier molecular flexibility index (Phi) is 6.13. The minimum Gasteiger partial charge on any atom is -0.457 e.